The van der Waals surface area contributed by atoms with Crippen LogP contribution in [-0.4, -0.2) is 36.4 Å². The van der Waals surface area contributed by atoms with Crippen molar-refractivity contribution in [2.24, 2.45) is 0 Å². The first-order valence-corrected chi connectivity index (χ1v) is 7.03. The molecule has 1 N–H and O–H groups in total. The predicted molar refractivity (Wildman–Crippen MR) is 71.6 cm³/mol. The first kappa shape index (κ1) is 17.9. The Kier molecular flexibility index (Phi) is 11.3. The molecule has 19 heavy (non-hydrogen) atoms. The van der Waals surface area contributed by atoms with Gasteiger partial charge in [0.2, 0.25) is 0 Å². The summed E-state index contributed by atoms with van der Waals surface area (Å²) in [6.45, 7) is 3.01. The molecule has 1 atom stereocenters. The van der Waals surface area contributed by atoms with E-state index in [1.54, 1.807) is 0 Å². The fourth-order valence-electron chi connectivity index (χ4n) is 1.63. The molecule has 0 radical (unpaired) electrons. The molecule has 0 fully saturated rings. The maximum Gasteiger partial charge on any atom is 0.306 e. The quantitative estimate of drug-likeness (QED) is 0.462. The summed E-state index contributed by atoms with van der Waals surface area (Å²) in [7, 11) is 0. The molecular weight excluding hydrogens is 248 g/mol. The lowest BCUT2D eigenvalue weighted by Gasteiger charge is -2.15. The molecule has 0 amide bonds. The number of esters is 2. The van der Waals surface area contributed by atoms with Crippen LogP contribution in [0.5, 0.6) is 0 Å². The van der Waals surface area contributed by atoms with Crippen LogP contribution in [0.4, 0.5) is 0 Å². The van der Waals surface area contributed by atoms with E-state index < -0.39 is 12.1 Å². The van der Waals surface area contributed by atoms with Crippen molar-refractivity contribution in [1.29, 1.82) is 0 Å². The smallest absolute Gasteiger partial charge is 0.306 e. The second-order valence-corrected chi connectivity index (χ2v) is 4.61. The molecule has 0 spiro atoms. The molecule has 0 bridgehead atoms. The second kappa shape index (κ2) is 12.0. The molecule has 1 unspecified atom stereocenters. The minimum atomic E-state index is -0.753. The van der Waals surface area contributed by atoms with Crippen LogP contribution in [-0.2, 0) is 19.1 Å². The largest absolute Gasteiger partial charge is 0.462 e. The summed E-state index contributed by atoms with van der Waals surface area (Å²) in [6, 6.07) is 0. The minimum absolute atomic E-state index is 0.0892. The molecule has 5 heteroatoms. The number of carbonyl (C=O) groups is 2. The Morgan fingerprint density at radius 1 is 1.11 bits per heavy atom. The Balaban J connectivity index is 3.61. The van der Waals surface area contributed by atoms with Gasteiger partial charge in [0.25, 0.3) is 0 Å². The lowest BCUT2D eigenvalue weighted by molar-refractivity contribution is -0.160. The number of ether oxygens (including phenoxy) is 2. The van der Waals surface area contributed by atoms with Crippen molar-refractivity contribution in [3.63, 3.8) is 0 Å². The molecule has 0 aromatic carbocycles. The summed E-state index contributed by atoms with van der Waals surface area (Å²) >= 11 is 0. The summed E-state index contributed by atoms with van der Waals surface area (Å²) in [5.41, 5.74) is 0. The van der Waals surface area contributed by atoms with Crippen molar-refractivity contribution < 1.29 is 24.2 Å². The van der Waals surface area contributed by atoms with Gasteiger partial charge in [-0.2, -0.15) is 0 Å². The number of hydrogen-bond donors (Lipinski definition) is 1. The molecule has 0 saturated heterocycles. The summed E-state index contributed by atoms with van der Waals surface area (Å²) in [6.07, 6.45) is 6.20. The van der Waals surface area contributed by atoms with E-state index in [-0.39, 0.29) is 19.2 Å². The van der Waals surface area contributed by atoms with Gasteiger partial charge in [0.1, 0.15) is 6.61 Å². The van der Waals surface area contributed by atoms with Crippen molar-refractivity contribution in [1.82, 2.24) is 0 Å². The van der Waals surface area contributed by atoms with Crippen molar-refractivity contribution in [3.8, 4) is 0 Å². The number of aliphatic hydroxyl groups excluding tert-OH is 1. The highest BCUT2D eigenvalue weighted by molar-refractivity contribution is 5.69. The first-order chi connectivity index (χ1) is 9.10. The molecule has 0 aromatic heterocycles. The van der Waals surface area contributed by atoms with Crippen molar-refractivity contribution in [2.45, 2.75) is 64.9 Å². The van der Waals surface area contributed by atoms with Crippen molar-refractivity contribution in [2.75, 3.05) is 13.2 Å². The molecule has 112 valence electrons. The van der Waals surface area contributed by atoms with Gasteiger partial charge in [0.15, 0.2) is 6.10 Å². The van der Waals surface area contributed by atoms with Gasteiger partial charge in [-0.25, -0.2) is 0 Å². The molecular formula is C14H26O5. The number of hydrogen-bond acceptors (Lipinski definition) is 5. The molecule has 0 aromatic rings. The van der Waals surface area contributed by atoms with E-state index in [1.165, 1.54) is 26.2 Å². The fraction of sp³-hybridized carbons (Fsp3) is 0.857. The summed E-state index contributed by atoms with van der Waals surface area (Å²) in [4.78, 5) is 22.1. The third-order valence-corrected chi connectivity index (χ3v) is 2.71. The topological polar surface area (TPSA) is 72.8 Å². The Morgan fingerprint density at radius 2 is 1.74 bits per heavy atom. The SMILES string of the molecule is CCCCCCCCC(=O)OC(CO)COC(C)=O. The highest BCUT2D eigenvalue weighted by Crippen LogP contribution is 2.08. The maximum atomic E-state index is 11.5. The van der Waals surface area contributed by atoms with Crippen molar-refractivity contribution in [3.05, 3.63) is 0 Å². The molecule has 0 aliphatic rings. The van der Waals surface area contributed by atoms with Crippen LogP contribution < -0.4 is 0 Å². The van der Waals surface area contributed by atoms with Crippen LogP contribution >= 0.6 is 0 Å². The van der Waals surface area contributed by atoms with Gasteiger partial charge in [0.05, 0.1) is 6.61 Å². The van der Waals surface area contributed by atoms with Gasteiger partial charge in [-0.15, -0.1) is 0 Å². The van der Waals surface area contributed by atoms with E-state index in [2.05, 4.69) is 11.7 Å². The zero-order valence-electron chi connectivity index (χ0n) is 12.0. The first-order valence-electron chi connectivity index (χ1n) is 7.03. The van der Waals surface area contributed by atoms with E-state index >= 15 is 0 Å². The highest BCUT2D eigenvalue weighted by atomic mass is 16.6. The normalized spacial score (nSPS) is 11.9. The van der Waals surface area contributed by atoms with Crippen LogP contribution in [0.1, 0.15) is 58.8 Å². The molecule has 0 aliphatic carbocycles. The van der Waals surface area contributed by atoms with E-state index in [0.29, 0.717) is 6.42 Å². The van der Waals surface area contributed by atoms with E-state index in [9.17, 15) is 9.59 Å². The number of unbranched alkanes of at least 4 members (excludes halogenated alkanes) is 5. The van der Waals surface area contributed by atoms with Crippen LogP contribution in [0.25, 0.3) is 0 Å². The molecule has 0 saturated carbocycles. The molecule has 0 aliphatic heterocycles. The third-order valence-electron chi connectivity index (χ3n) is 2.71. The summed E-state index contributed by atoms with van der Waals surface area (Å²) in [5.74, 6) is -0.799. The summed E-state index contributed by atoms with van der Waals surface area (Å²) < 4.78 is 9.70. The fourth-order valence-corrected chi connectivity index (χ4v) is 1.63. The van der Waals surface area contributed by atoms with Gasteiger partial charge < -0.3 is 14.6 Å². The zero-order chi connectivity index (χ0) is 14.5. The monoisotopic (exact) mass is 274 g/mol. The zero-order valence-corrected chi connectivity index (χ0v) is 12.0. The minimum Gasteiger partial charge on any atom is -0.462 e. The predicted octanol–water partition coefficient (Wildman–Crippen LogP) is 2.20. The van der Waals surface area contributed by atoms with Crippen LogP contribution in [0.2, 0.25) is 0 Å². The number of rotatable bonds is 11. The standard InChI is InChI=1S/C14H26O5/c1-3-4-5-6-7-8-9-14(17)19-13(10-15)11-18-12(2)16/h13,15H,3-11H2,1-2H3. The van der Waals surface area contributed by atoms with Crippen LogP contribution in [0, 0.1) is 0 Å². The van der Waals surface area contributed by atoms with Gasteiger partial charge in [-0.05, 0) is 6.42 Å². The molecule has 0 heterocycles. The molecule has 0 rings (SSSR count). The average Bonchev–Trinajstić information content (AvgIpc) is 2.38. The Labute approximate surface area is 115 Å². The average molecular weight is 274 g/mol. The summed E-state index contributed by atoms with van der Waals surface area (Å²) in [5, 5.41) is 8.99. The van der Waals surface area contributed by atoms with Gasteiger partial charge in [-0.1, -0.05) is 39.0 Å². The lowest BCUT2D eigenvalue weighted by atomic mass is 10.1. The number of carbonyl (C=O) groups excluding carboxylic acids is 2. The van der Waals surface area contributed by atoms with Crippen LogP contribution in [0.3, 0.4) is 0 Å². The molecule has 5 nitrogen and oxygen atoms in total. The Morgan fingerprint density at radius 3 is 2.32 bits per heavy atom. The Hall–Kier alpha value is -1.10. The number of aliphatic hydroxyl groups is 1. The van der Waals surface area contributed by atoms with Crippen LogP contribution in [0.15, 0.2) is 0 Å². The van der Waals surface area contributed by atoms with Gasteiger partial charge >= 0.3 is 11.9 Å². The van der Waals surface area contributed by atoms with E-state index in [4.69, 9.17) is 9.84 Å². The second-order valence-electron chi connectivity index (χ2n) is 4.61. The maximum absolute atomic E-state index is 11.5. The lowest BCUT2D eigenvalue weighted by Crippen LogP contribution is -2.28. The third kappa shape index (κ3) is 11.7. The van der Waals surface area contributed by atoms with Gasteiger partial charge in [-0.3, -0.25) is 9.59 Å². The highest BCUT2D eigenvalue weighted by Gasteiger charge is 2.14. The van der Waals surface area contributed by atoms with Gasteiger partial charge in [0, 0.05) is 13.3 Å². The van der Waals surface area contributed by atoms with Crippen molar-refractivity contribution >= 4 is 11.9 Å². The van der Waals surface area contributed by atoms with E-state index in [0.717, 1.165) is 19.3 Å². The van der Waals surface area contributed by atoms with E-state index in [1.807, 2.05) is 0 Å². The Bertz CT molecular complexity index is 252.